The van der Waals surface area contributed by atoms with Crippen molar-refractivity contribution in [1.82, 2.24) is 14.1 Å². The van der Waals surface area contributed by atoms with Gasteiger partial charge in [0.15, 0.2) is 11.5 Å². The molecule has 0 aromatic heterocycles. The highest BCUT2D eigenvalue weighted by molar-refractivity contribution is 7.88. The molecule has 3 heterocycles. The van der Waals surface area contributed by atoms with E-state index in [0.29, 0.717) is 48.1 Å². The number of hydrogen-bond donors (Lipinski definition) is 0. The van der Waals surface area contributed by atoms with Crippen LogP contribution in [-0.4, -0.2) is 74.5 Å². The topological polar surface area (TPSA) is 79.4 Å². The highest BCUT2D eigenvalue weighted by atomic mass is 35.5. The Balaban J connectivity index is 1.15. The molecule has 2 aromatic carbocycles. The minimum Gasteiger partial charge on any atom is -0.454 e. The van der Waals surface area contributed by atoms with E-state index in [-0.39, 0.29) is 30.9 Å². The van der Waals surface area contributed by atoms with Crippen molar-refractivity contribution >= 4 is 39.1 Å². The summed E-state index contributed by atoms with van der Waals surface area (Å²) < 4.78 is 38.5. The molecule has 5 rings (SSSR count). The Morgan fingerprint density at radius 2 is 1.75 bits per heavy atom. The number of sulfonamides is 1. The number of amides is 1. The molecule has 0 bridgehead atoms. The summed E-state index contributed by atoms with van der Waals surface area (Å²) in [5.41, 5.74) is 1.65. The quantitative estimate of drug-likeness (QED) is 0.543. The number of piperidine rings is 1. The van der Waals surface area contributed by atoms with Crippen molar-refractivity contribution < 1.29 is 22.7 Å². The van der Waals surface area contributed by atoms with Gasteiger partial charge >= 0.3 is 0 Å². The number of piperazine rings is 1. The maximum Gasteiger partial charge on any atom is 0.231 e. The summed E-state index contributed by atoms with van der Waals surface area (Å²) in [7, 11) is -3.61. The standard InChI is InChI=1S/C25H29Cl2N3O5S/c26-21-5-4-20(22(27)13-21)16-36(32,33)30-7-1-2-19(15-30)25(31)29-10-8-28(9-11-29)14-18-3-6-23-24(12-18)35-17-34-23/h3-6,12-13,19H,1-2,7-11,14-17H2/t19-/m0/s1. The summed E-state index contributed by atoms with van der Waals surface area (Å²) in [6, 6.07) is 10.8. The molecule has 194 valence electrons. The molecule has 0 N–H and O–H groups in total. The minimum atomic E-state index is -3.61. The van der Waals surface area contributed by atoms with Crippen LogP contribution in [0.2, 0.25) is 10.0 Å². The highest BCUT2D eigenvalue weighted by Crippen LogP contribution is 2.33. The fourth-order valence-corrected chi connectivity index (χ4v) is 7.20. The molecular weight excluding hydrogens is 525 g/mol. The maximum absolute atomic E-state index is 13.3. The van der Waals surface area contributed by atoms with Crippen molar-refractivity contribution in [2.24, 2.45) is 5.92 Å². The van der Waals surface area contributed by atoms with Crippen LogP contribution in [0.4, 0.5) is 0 Å². The van der Waals surface area contributed by atoms with Gasteiger partial charge in [-0.15, -0.1) is 0 Å². The zero-order chi connectivity index (χ0) is 25.3. The van der Waals surface area contributed by atoms with Crippen molar-refractivity contribution in [2.75, 3.05) is 46.1 Å². The van der Waals surface area contributed by atoms with E-state index in [2.05, 4.69) is 4.90 Å². The predicted octanol–water partition coefficient (Wildman–Crippen LogP) is 3.61. The Morgan fingerprint density at radius 1 is 0.972 bits per heavy atom. The molecule has 0 radical (unpaired) electrons. The van der Waals surface area contributed by atoms with E-state index in [0.717, 1.165) is 36.7 Å². The lowest BCUT2D eigenvalue weighted by Gasteiger charge is -2.38. The van der Waals surface area contributed by atoms with Crippen LogP contribution in [0.5, 0.6) is 11.5 Å². The number of rotatable bonds is 6. The van der Waals surface area contributed by atoms with Gasteiger partial charge in [-0.25, -0.2) is 12.7 Å². The van der Waals surface area contributed by atoms with Crippen LogP contribution in [0.15, 0.2) is 36.4 Å². The first-order valence-corrected chi connectivity index (χ1v) is 14.5. The van der Waals surface area contributed by atoms with Gasteiger partial charge in [-0.3, -0.25) is 9.69 Å². The molecule has 3 aliphatic rings. The van der Waals surface area contributed by atoms with E-state index in [1.54, 1.807) is 18.2 Å². The second kappa shape index (κ2) is 10.8. The maximum atomic E-state index is 13.3. The van der Waals surface area contributed by atoms with Crippen LogP contribution in [0.1, 0.15) is 24.0 Å². The number of ether oxygens (including phenoxy) is 2. The lowest BCUT2D eigenvalue weighted by molar-refractivity contribution is -0.138. The monoisotopic (exact) mass is 553 g/mol. The predicted molar refractivity (Wildman–Crippen MR) is 138 cm³/mol. The molecule has 11 heteroatoms. The lowest BCUT2D eigenvalue weighted by atomic mass is 9.97. The number of halogens is 2. The molecule has 0 spiro atoms. The fraction of sp³-hybridized carbons (Fsp3) is 0.480. The van der Waals surface area contributed by atoms with Crippen LogP contribution in [0.25, 0.3) is 0 Å². The van der Waals surface area contributed by atoms with E-state index in [1.165, 1.54) is 4.31 Å². The number of nitrogens with zero attached hydrogens (tertiary/aromatic N) is 3. The van der Waals surface area contributed by atoms with Gasteiger partial charge in [-0.2, -0.15) is 0 Å². The second-order valence-electron chi connectivity index (χ2n) is 9.48. The summed E-state index contributed by atoms with van der Waals surface area (Å²) in [6.45, 7) is 4.47. The lowest BCUT2D eigenvalue weighted by Crippen LogP contribution is -2.52. The van der Waals surface area contributed by atoms with Gasteiger partial charge in [0.25, 0.3) is 0 Å². The van der Waals surface area contributed by atoms with Gasteiger partial charge in [-0.05, 0) is 48.2 Å². The Bertz CT molecular complexity index is 1230. The largest absolute Gasteiger partial charge is 0.454 e. The van der Waals surface area contributed by atoms with Crippen LogP contribution in [-0.2, 0) is 27.1 Å². The molecule has 8 nitrogen and oxygen atoms in total. The van der Waals surface area contributed by atoms with E-state index in [9.17, 15) is 13.2 Å². The average molecular weight is 554 g/mol. The first kappa shape index (κ1) is 25.6. The Hall–Kier alpha value is -2.04. The van der Waals surface area contributed by atoms with Gasteiger partial charge in [0.1, 0.15) is 0 Å². The van der Waals surface area contributed by atoms with Crippen molar-refractivity contribution in [3.8, 4) is 11.5 Å². The number of benzene rings is 2. The van der Waals surface area contributed by atoms with E-state index < -0.39 is 10.0 Å². The van der Waals surface area contributed by atoms with Crippen LogP contribution < -0.4 is 9.47 Å². The molecule has 0 aliphatic carbocycles. The summed E-state index contributed by atoms with van der Waals surface area (Å²) in [4.78, 5) is 17.5. The van der Waals surface area contributed by atoms with Gasteiger partial charge in [0.05, 0.1) is 11.7 Å². The smallest absolute Gasteiger partial charge is 0.231 e. The van der Waals surface area contributed by atoms with Crippen LogP contribution in [0.3, 0.4) is 0 Å². The fourth-order valence-electron chi connectivity index (χ4n) is 5.01. The Labute approximate surface area is 221 Å². The van der Waals surface area contributed by atoms with Crippen molar-refractivity contribution in [3.63, 3.8) is 0 Å². The molecule has 2 saturated heterocycles. The second-order valence-corrected chi connectivity index (χ2v) is 12.3. The molecule has 0 unspecified atom stereocenters. The van der Waals surface area contributed by atoms with Crippen LogP contribution >= 0.6 is 23.2 Å². The minimum absolute atomic E-state index is 0.0437. The van der Waals surface area contributed by atoms with Gasteiger partial charge < -0.3 is 14.4 Å². The highest BCUT2D eigenvalue weighted by Gasteiger charge is 2.35. The number of fused-ring (bicyclic) bond motifs is 1. The number of carbonyl (C=O) groups excluding carboxylic acids is 1. The first-order valence-electron chi connectivity index (χ1n) is 12.1. The zero-order valence-electron chi connectivity index (χ0n) is 19.9. The summed E-state index contributed by atoms with van der Waals surface area (Å²) >= 11 is 12.1. The van der Waals surface area contributed by atoms with E-state index in [1.807, 2.05) is 23.1 Å². The molecular formula is C25H29Cl2N3O5S. The average Bonchev–Trinajstić information content (AvgIpc) is 3.34. The van der Waals surface area contributed by atoms with Crippen molar-refractivity contribution in [1.29, 1.82) is 0 Å². The first-order chi connectivity index (χ1) is 17.3. The number of hydrogen-bond acceptors (Lipinski definition) is 6. The van der Waals surface area contributed by atoms with Gasteiger partial charge in [0, 0.05) is 55.9 Å². The summed E-state index contributed by atoms with van der Waals surface area (Å²) in [5, 5.41) is 0.787. The van der Waals surface area contributed by atoms with Gasteiger partial charge in [-0.1, -0.05) is 35.3 Å². The molecule has 1 atom stereocenters. The molecule has 36 heavy (non-hydrogen) atoms. The summed E-state index contributed by atoms with van der Waals surface area (Å²) in [6.07, 6.45) is 1.36. The third kappa shape index (κ3) is 5.75. The third-order valence-corrected chi connectivity index (χ3v) is 9.39. The van der Waals surface area contributed by atoms with Crippen molar-refractivity contribution in [3.05, 3.63) is 57.6 Å². The van der Waals surface area contributed by atoms with Gasteiger partial charge in [0.2, 0.25) is 22.7 Å². The molecule has 3 aliphatic heterocycles. The molecule has 1 amide bonds. The Kier molecular flexibility index (Phi) is 7.65. The molecule has 0 saturated carbocycles. The number of carbonyl (C=O) groups is 1. The third-order valence-electron chi connectivity index (χ3n) is 7.01. The van der Waals surface area contributed by atoms with Crippen molar-refractivity contribution in [2.45, 2.75) is 25.1 Å². The summed E-state index contributed by atoms with van der Waals surface area (Å²) in [5.74, 6) is 1.06. The SMILES string of the molecule is O=C([C@H]1CCCN(S(=O)(=O)Cc2ccc(Cl)cc2Cl)C1)N1CCN(Cc2ccc3c(c2)OCO3)CC1. The zero-order valence-corrected chi connectivity index (χ0v) is 22.2. The van der Waals surface area contributed by atoms with Crippen LogP contribution in [0, 0.1) is 5.92 Å². The molecule has 2 fully saturated rings. The normalized spacial score (nSPS) is 21.1. The molecule has 2 aromatic rings. The van der Waals surface area contributed by atoms with E-state index >= 15 is 0 Å². The Morgan fingerprint density at radius 3 is 2.53 bits per heavy atom. The van der Waals surface area contributed by atoms with E-state index in [4.69, 9.17) is 32.7 Å².